The van der Waals surface area contributed by atoms with E-state index in [1.54, 1.807) is 12.1 Å². The summed E-state index contributed by atoms with van der Waals surface area (Å²) < 4.78 is 6.38. The summed E-state index contributed by atoms with van der Waals surface area (Å²) >= 11 is 0. The van der Waals surface area contributed by atoms with Gasteiger partial charge in [-0.25, -0.2) is 4.98 Å². The number of primary amides is 1. The Hall–Kier alpha value is -3.61. The van der Waals surface area contributed by atoms with Gasteiger partial charge < -0.3 is 15.6 Å². The van der Waals surface area contributed by atoms with Crippen LogP contribution in [-0.2, 0) is 12.8 Å². The zero-order valence-electron chi connectivity index (χ0n) is 14.8. The van der Waals surface area contributed by atoms with Gasteiger partial charge in [-0.2, -0.15) is 0 Å². The van der Waals surface area contributed by atoms with Gasteiger partial charge in [-0.1, -0.05) is 30.3 Å². The molecule has 0 aliphatic heterocycles. The van der Waals surface area contributed by atoms with Gasteiger partial charge in [0.15, 0.2) is 0 Å². The number of aryl methyl sites for hydroxylation is 2. The SMILES string of the molecule is COc1ccc(-n2c(CCc3ccccc3)cc(O)c(C(N)=O)c2=O)nc1. The predicted molar refractivity (Wildman–Crippen MR) is 100 cm³/mol. The van der Waals surface area contributed by atoms with Crippen molar-refractivity contribution >= 4 is 5.91 Å². The summed E-state index contributed by atoms with van der Waals surface area (Å²) in [5.74, 6) is -0.576. The summed E-state index contributed by atoms with van der Waals surface area (Å²) in [4.78, 5) is 28.7. The maximum atomic E-state index is 12.8. The molecule has 27 heavy (non-hydrogen) atoms. The van der Waals surface area contributed by atoms with Crippen LogP contribution in [0.1, 0.15) is 21.6 Å². The number of hydrogen-bond donors (Lipinski definition) is 2. The Morgan fingerprint density at radius 2 is 1.93 bits per heavy atom. The third kappa shape index (κ3) is 3.82. The number of hydrogen-bond acceptors (Lipinski definition) is 5. The summed E-state index contributed by atoms with van der Waals surface area (Å²) in [6, 6.07) is 14.4. The van der Waals surface area contributed by atoms with E-state index in [-0.39, 0.29) is 0 Å². The molecule has 3 aromatic rings. The number of amides is 1. The molecular weight excluding hydrogens is 346 g/mol. The lowest BCUT2D eigenvalue weighted by Gasteiger charge is -2.15. The first-order chi connectivity index (χ1) is 13.0. The number of carbonyl (C=O) groups excluding carboxylic acids is 1. The van der Waals surface area contributed by atoms with E-state index in [4.69, 9.17) is 10.5 Å². The van der Waals surface area contributed by atoms with Gasteiger partial charge in [-0.15, -0.1) is 0 Å². The number of nitrogens with two attached hydrogens (primary N) is 1. The fourth-order valence-corrected chi connectivity index (χ4v) is 2.86. The van der Waals surface area contributed by atoms with Gasteiger partial charge in [0.05, 0.1) is 13.3 Å². The Bertz CT molecular complexity index is 1010. The van der Waals surface area contributed by atoms with Crippen LogP contribution in [-0.4, -0.2) is 27.7 Å². The molecular formula is C20H19N3O4. The van der Waals surface area contributed by atoms with Crippen molar-refractivity contribution in [1.82, 2.24) is 9.55 Å². The van der Waals surface area contributed by atoms with Crippen LogP contribution in [0.25, 0.3) is 5.82 Å². The lowest BCUT2D eigenvalue weighted by Crippen LogP contribution is -2.31. The van der Waals surface area contributed by atoms with Crippen LogP contribution in [0.2, 0.25) is 0 Å². The molecule has 1 amide bonds. The quantitative estimate of drug-likeness (QED) is 0.693. The lowest BCUT2D eigenvalue weighted by atomic mass is 10.1. The van der Waals surface area contributed by atoms with E-state index >= 15 is 0 Å². The minimum atomic E-state index is -0.991. The topological polar surface area (TPSA) is 107 Å². The lowest BCUT2D eigenvalue weighted by molar-refractivity contribution is 0.0996. The molecule has 0 unspecified atom stereocenters. The molecule has 0 radical (unpaired) electrons. The van der Waals surface area contributed by atoms with Crippen LogP contribution in [0.3, 0.4) is 0 Å². The van der Waals surface area contributed by atoms with Crippen LogP contribution in [0.4, 0.5) is 0 Å². The van der Waals surface area contributed by atoms with E-state index in [1.807, 2.05) is 30.3 Å². The second-order valence-electron chi connectivity index (χ2n) is 5.94. The highest BCUT2D eigenvalue weighted by Gasteiger charge is 2.20. The van der Waals surface area contributed by atoms with E-state index in [0.717, 1.165) is 5.56 Å². The minimum absolute atomic E-state index is 0.311. The van der Waals surface area contributed by atoms with Gasteiger partial charge in [0.1, 0.15) is 22.9 Å². The molecule has 3 rings (SSSR count). The molecule has 2 aromatic heterocycles. The van der Waals surface area contributed by atoms with Crippen molar-refractivity contribution in [1.29, 1.82) is 0 Å². The summed E-state index contributed by atoms with van der Waals surface area (Å²) in [6.07, 6.45) is 2.57. The van der Waals surface area contributed by atoms with Gasteiger partial charge in [0.25, 0.3) is 11.5 Å². The number of benzene rings is 1. The number of carbonyl (C=O) groups is 1. The first-order valence-electron chi connectivity index (χ1n) is 8.33. The normalized spacial score (nSPS) is 10.6. The van der Waals surface area contributed by atoms with Crippen molar-refractivity contribution in [2.45, 2.75) is 12.8 Å². The standard InChI is InChI=1S/C20H19N3O4/c1-27-15-9-10-17(22-12-15)23-14(8-7-13-5-3-2-4-6-13)11-16(24)18(19(21)25)20(23)26/h2-6,9-12,24H,7-8H2,1H3,(H2,21,25). The van der Waals surface area contributed by atoms with Crippen LogP contribution in [0.5, 0.6) is 11.5 Å². The molecule has 0 bridgehead atoms. The highest BCUT2D eigenvalue weighted by atomic mass is 16.5. The molecule has 0 spiro atoms. The molecule has 0 aliphatic carbocycles. The van der Waals surface area contributed by atoms with Crippen LogP contribution < -0.4 is 16.0 Å². The Morgan fingerprint density at radius 3 is 2.52 bits per heavy atom. The first kappa shape index (κ1) is 18.2. The second kappa shape index (κ2) is 7.74. The zero-order chi connectivity index (χ0) is 19.4. The Labute approximate surface area is 155 Å². The van der Waals surface area contributed by atoms with Crippen molar-refractivity contribution in [3.05, 3.63) is 81.9 Å². The fourth-order valence-electron chi connectivity index (χ4n) is 2.86. The highest BCUT2D eigenvalue weighted by molar-refractivity contribution is 5.95. The summed E-state index contributed by atoms with van der Waals surface area (Å²) in [5, 5.41) is 10.1. The van der Waals surface area contributed by atoms with Crippen molar-refractivity contribution in [2.75, 3.05) is 7.11 Å². The van der Waals surface area contributed by atoms with Gasteiger partial charge in [-0.3, -0.25) is 14.2 Å². The molecule has 0 saturated carbocycles. The van der Waals surface area contributed by atoms with Gasteiger partial charge in [-0.05, 0) is 30.5 Å². The molecule has 0 fully saturated rings. The monoisotopic (exact) mass is 365 g/mol. The van der Waals surface area contributed by atoms with Crippen LogP contribution in [0.15, 0.2) is 59.5 Å². The van der Waals surface area contributed by atoms with Crippen molar-refractivity contribution < 1.29 is 14.6 Å². The molecule has 1 aromatic carbocycles. The minimum Gasteiger partial charge on any atom is -0.507 e. The van der Waals surface area contributed by atoms with Gasteiger partial charge in [0, 0.05) is 11.8 Å². The molecule has 0 saturated heterocycles. The second-order valence-corrected chi connectivity index (χ2v) is 5.94. The highest BCUT2D eigenvalue weighted by Crippen LogP contribution is 2.20. The average molecular weight is 365 g/mol. The predicted octanol–water partition coefficient (Wildman–Crippen LogP) is 1.83. The molecule has 138 valence electrons. The van der Waals surface area contributed by atoms with Crippen molar-refractivity contribution in [3.63, 3.8) is 0 Å². The maximum absolute atomic E-state index is 12.8. The third-order valence-corrected chi connectivity index (χ3v) is 4.21. The number of nitrogens with zero attached hydrogens (tertiary/aromatic N) is 2. The first-order valence-corrected chi connectivity index (χ1v) is 8.33. The Kier molecular flexibility index (Phi) is 5.21. The number of aromatic hydroxyl groups is 1. The Balaban J connectivity index is 2.10. The van der Waals surface area contributed by atoms with E-state index < -0.39 is 22.8 Å². The summed E-state index contributed by atoms with van der Waals surface area (Å²) in [7, 11) is 1.51. The Morgan fingerprint density at radius 1 is 1.19 bits per heavy atom. The summed E-state index contributed by atoms with van der Waals surface area (Å²) in [5.41, 5.74) is 5.70. The van der Waals surface area contributed by atoms with E-state index in [2.05, 4.69) is 4.98 Å². The molecule has 3 N–H and O–H groups in total. The number of rotatable bonds is 6. The van der Waals surface area contributed by atoms with Crippen molar-refractivity contribution in [3.8, 4) is 17.3 Å². The molecule has 7 nitrogen and oxygen atoms in total. The van der Waals surface area contributed by atoms with Crippen LogP contribution >= 0.6 is 0 Å². The molecule has 7 heteroatoms. The van der Waals surface area contributed by atoms with Crippen molar-refractivity contribution in [2.24, 2.45) is 5.73 Å². The maximum Gasteiger partial charge on any atom is 0.273 e. The number of ether oxygens (including phenoxy) is 1. The van der Waals surface area contributed by atoms with E-state index in [0.29, 0.717) is 30.1 Å². The fraction of sp³-hybridized carbons (Fsp3) is 0.150. The average Bonchev–Trinajstić information content (AvgIpc) is 2.67. The molecule has 2 heterocycles. The third-order valence-electron chi connectivity index (χ3n) is 4.21. The van der Waals surface area contributed by atoms with Gasteiger partial charge in [0.2, 0.25) is 0 Å². The zero-order valence-corrected chi connectivity index (χ0v) is 14.8. The molecule has 0 aliphatic rings. The van der Waals surface area contributed by atoms with E-state index in [1.165, 1.54) is 23.9 Å². The van der Waals surface area contributed by atoms with Gasteiger partial charge >= 0.3 is 0 Å². The number of methoxy groups -OCH3 is 1. The molecule has 0 atom stereocenters. The summed E-state index contributed by atoms with van der Waals surface area (Å²) in [6.45, 7) is 0. The number of pyridine rings is 2. The largest absolute Gasteiger partial charge is 0.507 e. The van der Waals surface area contributed by atoms with E-state index in [9.17, 15) is 14.7 Å². The smallest absolute Gasteiger partial charge is 0.273 e. The number of aromatic nitrogens is 2. The van der Waals surface area contributed by atoms with Crippen LogP contribution in [0, 0.1) is 0 Å².